The fraction of sp³-hybridized carbons (Fsp3) is 0.600. The summed E-state index contributed by atoms with van der Waals surface area (Å²) >= 11 is 0. The molecule has 0 aromatic heterocycles. The first kappa shape index (κ1) is 16.3. The molecule has 0 aliphatic heterocycles. The summed E-state index contributed by atoms with van der Waals surface area (Å²) in [5.41, 5.74) is 0.985. The Hall–Kier alpha value is -1.11. The second-order valence-corrected chi connectivity index (χ2v) is 7.10. The standard InChI is InChI=1S/C15H24N2O3S/c1-4-16(5-2)21(18,19)17(14-8-9-14)12-13-6-10-15(20-3)11-7-13/h6-7,10-11,14H,4-5,8-9,12H2,1-3H3. The van der Waals surface area contributed by atoms with Gasteiger partial charge >= 0.3 is 0 Å². The molecule has 0 amide bonds. The van der Waals surface area contributed by atoms with Crippen molar-refractivity contribution in [2.24, 2.45) is 0 Å². The third kappa shape index (κ3) is 3.75. The van der Waals surface area contributed by atoms with E-state index in [9.17, 15) is 8.42 Å². The molecule has 1 aliphatic carbocycles. The summed E-state index contributed by atoms with van der Waals surface area (Å²) in [4.78, 5) is 0. The minimum atomic E-state index is -3.38. The van der Waals surface area contributed by atoms with E-state index in [2.05, 4.69) is 0 Å². The molecule has 2 rings (SSSR count). The van der Waals surface area contributed by atoms with Gasteiger partial charge in [0.1, 0.15) is 5.75 Å². The van der Waals surface area contributed by atoms with Gasteiger partial charge in [-0.15, -0.1) is 0 Å². The fourth-order valence-corrected chi connectivity index (χ4v) is 4.22. The molecule has 0 radical (unpaired) electrons. The van der Waals surface area contributed by atoms with Gasteiger partial charge in [-0.05, 0) is 30.5 Å². The molecule has 0 atom stereocenters. The molecule has 5 nitrogen and oxygen atoms in total. The van der Waals surface area contributed by atoms with Gasteiger partial charge in [-0.25, -0.2) is 0 Å². The van der Waals surface area contributed by atoms with E-state index in [4.69, 9.17) is 4.74 Å². The maximum Gasteiger partial charge on any atom is 0.282 e. The molecule has 21 heavy (non-hydrogen) atoms. The van der Waals surface area contributed by atoms with Crippen molar-refractivity contribution in [3.8, 4) is 5.75 Å². The lowest BCUT2D eigenvalue weighted by Gasteiger charge is -2.28. The molecule has 0 spiro atoms. The molecular formula is C15H24N2O3S. The summed E-state index contributed by atoms with van der Waals surface area (Å²) in [5, 5.41) is 0. The highest BCUT2D eigenvalue weighted by molar-refractivity contribution is 7.86. The number of rotatable bonds is 8. The van der Waals surface area contributed by atoms with Crippen LogP contribution in [-0.2, 0) is 16.8 Å². The van der Waals surface area contributed by atoms with Crippen molar-refractivity contribution in [2.45, 2.75) is 39.3 Å². The molecule has 1 aromatic carbocycles. The zero-order valence-electron chi connectivity index (χ0n) is 12.9. The highest BCUT2D eigenvalue weighted by Crippen LogP contribution is 2.32. The van der Waals surface area contributed by atoms with Crippen LogP contribution in [0.5, 0.6) is 5.75 Å². The van der Waals surface area contributed by atoms with Crippen LogP contribution < -0.4 is 4.74 Å². The van der Waals surface area contributed by atoms with E-state index in [0.717, 1.165) is 24.2 Å². The highest BCUT2D eigenvalue weighted by Gasteiger charge is 2.39. The summed E-state index contributed by atoms with van der Waals surface area (Å²) in [6, 6.07) is 7.73. The van der Waals surface area contributed by atoms with Crippen molar-refractivity contribution in [2.75, 3.05) is 20.2 Å². The summed E-state index contributed by atoms with van der Waals surface area (Å²) in [5.74, 6) is 0.781. The Kier molecular flexibility index (Phi) is 5.24. The van der Waals surface area contributed by atoms with E-state index >= 15 is 0 Å². The minimum absolute atomic E-state index is 0.151. The molecule has 1 aliphatic rings. The van der Waals surface area contributed by atoms with Crippen LogP contribution in [-0.4, -0.2) is 43.3 Å². The highest BCUT2D eigenvalue weighted by atomic mass is 32.2. The smallest absolute Gasteiger partial charge is 0.282 e. The Balaban J connectivity index is 2.19. The number of hydrogen-bond acceptors (Lipinski definition) is 3. The predicted molar refractivity (Wildman–Crippen MR) is 83.4 cm³/mol. The summed E-state index contributed by atoms with van der Waals surface area (Å²) in [6.45, 7) is 5.18. The monoisotopic (exact) mass is 312 g/mol. The lowest BCUT2D eigenvalue weighted by atomic mass is 10.2. The first-order chi connectivity index (χ1) is 10.0. The molecule has 118 valence electrons. The van der Waals surface area contributed by atoms with Gasteiger partial charge < -0.3 is 4.74 Å². The number of methoxy groups -OCH3 is 1. The zero-order chi connectivity index (χ0) is 15.5. The van der Waals surface area contributed by atoms with Crippen LogP contribution in [0.1, 0.15) is 32.3 Å². The maximum absolute atomic E-state index is 12.7. The lowest BCUT2D eigenvalue weighted by Crippen LogP contribution is -2.44. The Bertz CT molecular complexity index is 549. The molecule has 0 N–H and O–H groups in total. The van der Waals surface area contributed by atoms with Crippen LogP contribution in [0.4, 0.5) is 0 Å². The van der Waals surface area contributed by atoms with Gasteiger partial charge in [0.2, 0.25) is 0 Å². The van der Waals surface area contributed by atoms with Crippen molar-refractivity contribution >= 4 is 10.2 Å². The normalized spacial score (nSPS) is 15.7. The summed E-state index contributed by atoms with van der Waals surface area (Å²) < 4.78 is 33.8. The second-order valence-electron chi connectivity index (χ2n) is 5.22. The lowest BCUT2D eigenvalue weighted by molar-refractivity contribution is 0.338. The van der Waals surface area contributed by atoms with Crippen molar-refractivity contribution in [3.05, 3.63) is 29.8 Å². The van der Waals surface area contributed by atoms with Crippen LogP contribution in [0.25, 0.3) is 0 Å². The molecular weight excluding hydrogens is 288 g/mol. The average molecular weight is 312 g/mol. The number of nitrogens with zero attached hydrogens (tertiary/aromatic N) is 2. The van der Waals surface area contributed by atoms with E-state index in [1.54, 1.807) is 11.4 Å². The Labute approximate surface area is 127 Å². The third-order valence-electron chi connectivity index (χ3n) is 3.78. The zero-order valence-corrected chi connectivity index (χ0v) is 13.8. The van der Waals surface area contributed by atoms with Crippen molar-refractivity contribution < 1.29 is 13.2 Å². The van der Waals surface area contributed by atoms with Crippen LogP contribution in [0.2, 0.25) is 0 Å². The van der Waals surface area contributed by atoms with Gasteiger partial charge in [0.15, 0.2) is 0 Å². The van der Waals surface area contributed by atoms with Gasteiger partial charge in [-0.1, -0.05) is 26.0 Å². The Morgan fingerprint density at radius 2 is 1.71 bits per heavy atom. The van der Waals surface area contributed by atoms with Crippen molar-refractivity contribution in [3.63, 3.8) is 0 Å². The number of benzene rings is 1. The summed E-state index contributed by atoms with van der Waals surface area (Å²) in [6.07, 6.45) is 1.91. The molecule has 1 saturated carbocycles. The van der Waals surface area contributed by atoms with E-state index in [1.807, 2.05) is 38.1 Å². The predicted octanol–water partition coefficient (Wildman–Crippen LogP) is 2.25. The molecule has 0 unspecified atom stereocenters. The van der Waals surface area contributed by atoms with Gasteiger partial charge in [-0.3, -0.25) is 0 Å². The fourth-order valence-electron chi connectivity index (χ4n) is 2.37. The van der Waals surface area contributed by atoms with Gasteiger partial charge in [0, 0.05) is 25.7 Å². The largest absolute Gasteiger partial charge is 0.497 e. The van der Waals surface area contributed by atoms with E-state index in [1.165, 1.54) is 4.31 Å². The Morgan fingerprint density at radius 1 is 1.14 bits per heavy atom. The SMILES string of the molecule is CCN(CC)S(=O)(=O)N(Cc1ccc(OC)cc1)C1CC1. The molecule has 0 saturated heterocycles. The van der Waals surface area contributed by atoms with Crippen LogP contribution in [0.15, 0.2) is 24.3 Å². The Morgan fingerprint density at radius 3 is 2.14 bits per heavy atom. The van der Waals surface area contributed by atoms with Gasteiger partial charge in [-0.2, -0.15) is 17.0 Å². The molecule has 0 bridgehead atoms. The third-order valence-corrected chi connectivity index (χ3v) is 5.97. The first-order valence-electron chi connectivity index (χ1n) is 7.42. The molecule has 1 aromatic rings. The van der Waals surface area contributed by atoms with Crippen molar-refractivity contribution in [1.82, 2.24) is 8.61 Å². The van der Waals surface area contributed by atoms with E-state index in [0.29, 0.717) is 19.6 Å². The van der Waals surface area contributed by atoms with Gasteiger partial charge in [0.25, 0.3) is 10.2 Å². The van der Waals surface area contributed by atoms with Crippen LogP contribution >= 0.6 is 0 Å². The first-order valence-corrected chi connectivity index (χ1v) is 8.82. The van der Waals surface area contributed by atoms with Crippen LogP contribution in [0.3, 0.4) is 0 Å². The number of ether oxygens (including phenoxy) is 1. The number of hydrogen-bond donors (Lipinski definition) is 0. The molecule has 0 heterocycles. The second kappa shape index (κ2) is 6.77. The topological polar surface area (TPSA) is 49.9 Å². The van der Waals surface area contributed by atoms with E-state index < -0.39 is 10.2 Å². The molecule has 6 heteroatoms. The average Bonchev–Trinajstić information content (AvgIpc) is 3.30. The summed E-state index contributed by atoms with van der Waals surface area (Å²) in [7, 11) is -1.76. The quantitative estimate of drug-likeness (QED) is 0.740. The van der Waals surface area contributed by atoms with Crippen LogP contribution in [0, 0.1) is 0 Å². The minimum Gasteiger partial charge on any atom is -0.497 e. The maximum atomic E-state index is 12.7. The molecule has 1 fully saturated rings. The van der Waals surface area contributed by atoms with E-state index in [-0.39, 0.29) is 6.04 Å². The van der Waals surface area contributed by atoms with Crippen molar-refractivity contribution in [1.29, 1.82) is 0 Å². The van der Waals surface area contributed by atoms with Gasteiger partial charge in [0.05, 0.1) is 7.11 Å².